The van der Waals surface area contributed by atoms with E-state index in [2.05, 4.69) is 83.0 Å². The smallest absolute Gasteiger partial charge is 0.113 e. The van der Waals surface area contributed by atoms with Crippen molar-refractivity contribution in [2.75, 3.05) is 26.2 Å². The minimum absolute atomic E-state index is 0.0792. The van der Waals surface area contributed by atoms with E-state index in [0.717, 1.165) is 46.2 Å². The number of hydrogen-bond acceptors (Lipinski definition) is 3. The van der Waals surface area contributed by atoms with Crippen molar-refractivity contribution in [2.45, 2.75) is 19.2 Å². The van der Waals surface area contributed by atoms with Crippen LogP contribution in [-0.4, -0.2) is 46.9 Å². The van der Waals surface area contributed by atoms with Crippen molar-refractivity contribution < 1.29 is 5.11 Å². The number of halogens is 2. The fraction of sp³-hybridized carbons (Fsp3) is 0.368. The number of fused-ring (bicyclic) bond motifs is 3. The molecular weight excluding hydrogens is 446 g/mol. The van der Waals surface area contributed by atoms with Crippen LogP contribution in [0.15, 0.2) is 45.3 Å². The lowest BCUT2D eigenvalue weighted by Gasteiger charge is -2.38. The molecule has 0 spiro atoms. The molecule has 0 radical (unpaired) electrons. The predicted molar refractivity (Wildman–Crippen MR) is 110 cm³/mol. The fourth-order valence-electron chi connectivity index (χ4n) is 3.91. The third-order valence-corrected chi connectivity index (χ3v) is 5.93. The minimum Gasteiger partial charge on any atom is -0.390 e. The van der Waals surface area contributed by atoms with Crippen LogP contribution in [0.25, 0.3) is 21.8 Å². The van der Waals surface area contributed by atoms with Crippen molar-refractivity contribution in [2.24, 2.45) is 0 Å². The second kappa shape index (κ2) is 7.00. The summed E-state index contributed by atoms with van der Waals surface area (Å²) in [5.41, 5.74) is 2.31. The van der Waals surface area contributed by atoms with Crippen LogP contribution < -0.4 is 5.32 Å². The highest BCUT2D eigenvalue weighted by atomic mass is 79.9. The van der Waals surface area contributed by atoms with E-state index in [0.29, 0.717) is 0 Å². The third kappa shape index (κ3) is 3.15. The van der Waals surface area contributed by atoms with Gasteiger partial charge in [-0.1, -0.05) is 31.9 Å². The van der Waals surface area contributed by atoms with Gasteiger partial charge in [-0.25, -0.2) is 0 Å². The molecule has 1 aliphatic heterocycles. The van der Waals surface area contributed by atoms with Crippen LogP contribution in [0.1, 0.15) is 13.1 Å². The van der Waals surface area contributed by atoms with Gasteiger partial charge in [0.15, 0.2) is 0 Å². The maximum atomic E-state index is 10.7. The van der Waals surface area contributed by atoms with E-state index >= 15 is 0 Å². The number of nitrogens with one attached hydrogen (secondary N) is 1. The highest BCUT2D eigenvalue weighted by Crippen LogP contribution is 2.37. The van der Waals surface area contributed by atoms with Crippen LogP contribution in [0, 0.1) is 0 Å². The lowest BCUT2D eigenvalue weighted by Crippen LogP contribution is -2.49. The van der Waals surface area contributed by atoms with Gasteiger partial charge in [-0.2, -0.15) is 0 Å². The molecule has 0 amide bonds. The second-order valence-corrected chi connectivity index (χ2v) is 8.46. The largest absolute Gasteiger partial charge is 0.390 e. The summed E-state index contributed by atoms with van der Waals surface area (Å²) in [7, 11) is 0. The SMILES string of the molecule is CC(O)C(N1CCNCC1)n1c2ccc(Br)cc2c2cc(Br)ccc21. The molecule has 0 aliphatic carbocycles. The third-order valence-electron chi connectivity index (χ3n) is 4.95. The number of piperazine rings is 1. The van der Waals surface area contributed by atoms with Gasteiger partial charge in [0.05, 0.1) is 17.1 Å². The summed E-state index contributed by atoms with van der Waals surface area (Å²) >= 11 is 7.20. The number of aromatic nitrogens is 1. The first-order chi connectivity index (χ1) is 12.1. The molecule has 4 rings (SSSR count). The maximum Gasteiger partial charge on any atom is 0.113 e. The van der Waals surface area contributed by atoms with Gasteiger partial charge >= 0.3 is 0 Å². The highest BCUT2D eigenvalue weighted by molar-refractivity contribution is 9.10. The lowest BCUT2D eigenvalue weighted by molar-refractivity contribution is 0.0160. The van der Waals surface area contributed by atoms with Gasteiger partial charge in [0.25, 0.3) is 0 Å². The number of aliphatic hydroxyl groups is 1. The Kier molecular flexibility index (Phi) is 4.90. The molecule has 3 aromatic rings. The van der Waals surface area contributed by atoms with Gasteiger partial charge in [0, 0.05) is 45.9 Å². The Balaban J connectivity index is 2.00. The Labute approximate surface area is 164 Å². The molecule has 1 aromatic heterocycles. The van der Waals surface area contributed by atoms with E-state index in [1.165, 1.54) is 10.8 Å². The Morgan fingerprint density at radius 2 is 1.48 bits per heavy atom. The quantitative estimate of drug-likeness (QED) is 0.610. The Bertz CT molecular complexity index is 857. The molecule has 1 saturated heterocycles. The van der Waals surface area contributed by atoms with Crippen molar-refractivity contribution in [3.63, 3.8) is 0 Å². The summed E-state index contributed by atoms with van der Waals surface area (Å²) in [6.45, 7) is 5.67. The Morgan fingerprint density at radius 1 is 0.960 bits per heavy atom. The van der Waals surface area contributed by atoms with Crippen LogP contribution in [0.4, 0.5) is 0 Å². The molecule has 0 saturated carbocycles. The van der Waals surface area contributed by atoms with Crippen LogP contribution in [0.3, 0.4) is 0 Å². The first-order valence-electron chi connectivity index (χ1n) is 8.58. The van der Waals surface area contributed by atoms with Crippen molar-refractivity contribution in [1.29, 1.82) is 0 Å². The number of aliphatic hydroxyl groups excluding tert-OH is 1. The van der Waals surface area contributed by atoms with Crippen molar-refractivity contribution in [1.82, 2.24) is 14.8 Å². The Hall–Kier alpha value is -0.920. The summed E-state index contributed by atoms with van der Waals surface area (Å²) in [4.78, 5) is 2.38. The molecule has 2 atom stereocenters. The topological polar surface area (TPSA) is 40.4 Å². The maximum absolute atomic E-state index is 10.7. The van der Waals surface area contributed by atoms with Crippen LogP contribution >= 0.6 is 31.9 Å². The molecule has 132 valence electrons. The molecule has 1 fully saturated rings. The van der Waals surface area contributed by atoms with Crippen molar-refractivity contribution >= 4 is 53.7 Å². The number of hydrogen-bond donors (Lipinski definition) is 2. The average Bonchev–Trinajstić information content (AvgIpc) is 2.89. The van der Waals surface area contributed by atoms with Crippen LogP contribution in [-0.2, 0) is 0 Å². The second-order valence-electron chi connectivity index (χ2n) is 6.63. The van der Waals surface area contributed by atoms with E-state index < -0.39 is 6.10 Å². The average molecular weight is 467 g/mol. The highest BCUT2D eigenvalue weighted by Gasteiger charge is 2.29. The molecule has 6 heteroatoms. The number of benzene rings is 2. The van der Waals surface area contributed by atoms with Gasteiger partial charge in [0.2, 0.25) is 0 Å². The Morgan fingerprint density at radius 3 is 1.96 bits per heavy atom. The van der Waals surface area contributed by atoms with Gasteiger partial charge in [0.1, 0.15) is 6.17 Å². The monoisotopic (exact) mass is 465 g/mol. The molecule has 2 heterocycles. The fourth-order valence-corrected chi connectivity index (χ4v) is 4.64. The number of nitrogens with zero attached hydrogens (tertiary/aromatic N) is 2. The zero-order chi connectivity index (χ0) is 17.6. The molecular formula is C19H21Br2N3O. The minimum atomic E-state index is -0.468. The molecule has 2 unspecified atom stereocenters. The van der Waals surface area contributed by atoms with E-state index in [4.69, 9.17) is 0 Å². The normalized spacial score (nSPS) is 18.7. The van der Waals surface area contributed by atoms with Gasteiger partial charge in [-0.3, -0.25) is 4.90 Å². The first-order valence-corrected chi connectivity index (χ1v) is 10.2. The lowest BCUT2D eigenvalue weighted by atomic mass is 10.2. The van der Waals surface area contributed by atoms with E-state index in [1.807, 2.05) is 6.92 Å². The van der Waals surface area contributed by atoms with Crippen LogP contribution in [0.2, 0.25) is 0 Å². The van der Waals surface area contributed by atoms with E-state index in [1.54, 1.807) is 0 Å². The molecule has 4 nitrogen and oxygen atoms in total. The summed E-state index contributed by atoms with van der Waals surface area (Å²) in [6, 6.07) is 12.8. The molecule has 2 aromatic carbocycles. The standard InChI is InChI=1S/C19H21Br2N3O/c1-12(25)19(23-8-6-22-7-9-23)24-17-4-2-13(20)10-15(17)16-11-14(21)3-5-18(16)24/h2-5,10-12,19,22,25H,6-9H2,1H3. The molecule has 1 aliphatic rings. The zero-order valence-electron chi connectivity index (χ0n) is 14.0. The summed E-state index contributed by atoms with van der Waals surface area (Å²) in [5.74, 6) is 0. The summed E-state index contributed by atoms with van der Waals surface area (Å²) in [5, 5.41) is 16.5. The van der Waals surface area contributed by atoms with E-state index in [-0.39, 0.29) is 6.17 Å². The van der Waals surface area contributed by atoms with Crippen molar-refractivity contribution in [3.05, 3.63) is 45.3 Å². The molecule has 25 heavy (non-hydrogen) atoms. The molecule has 2 N–H and O–H groups in total. The zero-order valence-corrected chi connectivity index (χ0v) is 17.2. The van der Waals surface area contributed by atoms with Crippen LogP contribution in [0.5, 0.6) is 0 Å². The van der Waals surface area contributed by atoms with Crippen molar-refractivity contribution in [3.8, 4) is 0 Å². The van der Waals surface area contributed by atoms with Gasteiger partial charge < -0.3 is 15.0 Å². The predicted octanol–water partition coefficient (Wildman–Crippen LogP) is 4.10. The summed E-state index contributed by atoms with van der Waals surface area (Å²) < 4.78 is 4.43. The summed E-state index contributed by atoms with van der Waals surface area (Å²) in [6.07, 6.45) is -0.548. The number of rotatable bonds is 3. The first kappa shape index (κ1) is 17.5. The molecule has 0 bridgehead atoms. The van der Waals surface area contributed by atoms with E-state index in [9.17, 15) is 5.11 Å². The van der Waals surface area contributed by atoms with Gasteiger partial charge in [-0.05, 0) is 43.3 Å². The van der Waals surface area contributed by atoms with Gasteiger partial charge in [-0.15, -0.1) is 0 Å².